The Morgan fingerprint density at radius 2 is 1.84 bits per heavy atom. The van der Waals surface area contributed by atoms with Crippen LogP contribution in [0.2, 0.25) is 0 Å². The van der Waals surface area contributed by atoms with Gasteiger partial charge in [0.2, 0.25) is 0 Å². The molecule has 1 amide bonds. The minimum Gasteiger partial charge on any atom is -0.452 e. The van der Waals surface area contributed by atoms with E-state index in [0.717, 1.165) is 57.7 Å². The molecule has 1 heterocycles. The number of carbonyl (C=O) groups excluding carboxylic acids is 2. The van der Waals surface area contributed by atoms with Crippen LogP contribution in [0.3, 0.4) is 0 Å². The molecule has 0 N–H and O–H groups in total. The summed E-state index contributed by atoms with van der Waals surface area (Å²) >= 11 is 0. The third-order valence-corrected chi connectivity index (χ3v) is 6.22. The molecule has 6 heteroatoms. The van der Waals surface area contributed by atoms with E-state index < -0.39 is 5.97 Å². The van der Waals surface area contributed by atoms with Gasteiger partial charge in [0.1, 0.15) is 0 Å². The summed E-state index contributed by atoms with van der Waals surface area (Å²) in [4.78, 5) is 29.2. The van der Waals surface area contributed by atoms with Gasteiger partial charge in [-0.15, -0.1) is 0 Å². The maximum atomic E-state index is 12.7. The molecule has 1 atom stereocenters. The lowest BCUT2D eigenvalue weighted by Crippen LogP contribution is -2.36. The molecule has 1 saturated heterocycles. The van der Waals surface area contributed by atoms with E-state index in [2.05, 4.69) is 17.0 Å². The molecule has 2 aliphatic rings. The minimum atomic E-state index is -0.469. The fraction of sp³-hybridized carbons (Fsp3) is 0.440. The van der Waals surface area contributed by atoms with Gasteiger partial charge in [0, 0.05) is 26.7 Å². The van der Waals surface area contributed by atoms with Gasteiger partial charge in [-0.1, -0.05) is 36.4 Å². The van der Waals surface area contributed by atoms with Crippen LogP contribution in [0.5, 0.6) is 0 Å². The molecule has 0 saturated carbocycles. The first kappa shape index (κ1) is 21.5. The second kappa shape index (κ2) is 10.1. The van der Waals surface area contributed by atoms with Crippen LogP contribution in [-0.2, 0) is 27.2 Å². The molecule has 4 rings (SSSR count). The molecule has 2 aromatic carbocycles. The van der Waals surface area contributed by atoms with Crippen LogP contribution >= 0.6 is 0 Å². The van der Waals surface area contributed by atoms with Crippen molar-refractivity contribution in [3.63, 3.8) is 0 Å². The molecule has 164 valence electrons. The molecule has 6 nitrogen and oxygen atoms in total. The van der Waals surface area contributed by atoms with Gasteiger partial charge in [-0.3, -0.25) is 9.69 Å². The predicted molar refractivity (Wildman–Crippen MR) is 118 cm³/mol. The molecule has 2 aromatic rings. The van der Waals surface area contributed by atoms with Gasteiger partial charge >= 0.3 is 5.97 Å². The second-order valence-corrected chi connectivity index (χ2v) is 8.27. The summed E-state index contributed by atoms with van der Waals surface area (Å²) < 4.78 is 10.7. The van der Waals surface area contributed by atoms with Crippen molar-refractivity contribution in [1.29, 1.82) is 0 Å². The van der Waals surface area contributed by atoms with Crippen LogP contribution in [0.15, 0.2) is 48.5 Å². The van der Waals surface area contributed by atoms with E-state index in [0.29, 0.717) is 5.56 Å². The number of amides is 1. The Labute approximate surface area is 183 Å². The molecular weight excluding hydrogens is 392 g/mol. The average Bonchev–Trinajstić information content (AvgIpc) is 2.82. The lowest BCUT2D eigenvalue weighted by molar-refractivity contribution is -0.135. The zero-order valence-electron chi connectivity index (χ0n) is 18.1. The number of esters is 1. The Morgan fingerprint density at radius 1 is 1.10 bits per heavy atom. The van der Waals surface area contributed by atoms with E-state index in [1.807, 2.05) is 24.3 Å². The lowest BCUT2D eigenvalue weighted by atomic mass is 9.87. The Bertz CT molecular complexity index is 906. The van der Waals surface area contributed by atoms with Gasteiger partial charge in [0.15, 0.2) is 6.61 Å². The van der Waals surface area contributed by atoms with Crippen molar-refractivity contribution in [3.8, 4) is 0 Å². The summed E-state index contributed by atoms with van der Waals surface area (Å²) in [6.45, 7) is 3.96. The number of rotatable bonds is 6. The molecule has 1 fully saturated rings. The molecule has 31 heavy (non-hydrogen) atoms. The fourth-order valence-corrected chi connectivity index (χ4v) is 4.38. The number of likely N-dealkylation sites (N-methyl/N-ethyl adjacent to an activating group) is 1. The number of hydrogen-bond donors (Lipinski definition) is 0. The maximum Gasteiger partial charge on any atom is 0.338 e. The predicted octanol–water partition coefficient (Wildman–Crippen LogP) is 3.21. The summed E-state index contributed by atoms with van der Waals surface area (Å²) in [7, 11) is 1.80. The van der Waals surface area contributed by atoms with Crippen LogP contribution in [0.4, 0.5) is 0 Å². The van der Waals surface area contributed by atoms with Crippen LogP contribution in [0.1, 0.15) is 45.9 Å². The van der Waals surface area contributed by atoms with E-state index in [1.165, 1.54) is 11.1 Å². The summed E-state index contributed by atoms with van der Waals surface area (Å²) in [5, 5.41) is 0. The second-order valence-electron chi connectivity index (χ2n) is 8.27. The van der Waals surface area contributed by atoms with E-state index in [1.54, 1.807) is 24.1 Å². The van der Waals surface area contributed by atoms with Crippen molar-refractivity contribution in [2.24, 2.45) is 0 Å². The first-order valence-electron chi connectivity index (χ1n) is 11.0. The molecular formula is C25H30N2O4. The minimum absolute atomic E-state index is 0.0376. The molecule has 0 bridgehead atoms. The Morgan fingerprint density at radius 3 is 2.61 bits per heavy atom. The number of carbonyl (C=O) groups is 2. The Hall–Kier alpha value is -2.70. The number of fused-ring (bicyclic) bond motifs is 1. The van der Waals surface area contributed by atoms with Gasteiger partial charge in [0.25, 0.3) is 5.91 Å². The molecule has 1 aliphatic carbocycles. The Balaban J connectivity index is 1.29. The number of benzene rings is 2. The van der Waals surface area contributed by atoms with Crippen LogP contribution < -0.4 is 0 Å². The normalized spacial score (nSPS) is 18.8. The monoisotopic (exact) mass is 422 g/mol. The zero-order chi connectivity index (χ0) is 21.6. The highest BCUT2D eigenvalue weighted by molar-refractivity contribution is 5.91. The summed E-state index contributed by atoms with van der Waals surface area (Å²) in [5.74, 6) is -0.650. The smallest absolute Gasteiger partial charge is 0.338 e. The number of hydrogen-bond acceptors (Lipinski definition) is 5. The number of morpholine rings is 1. The quantitative estimate of drug-likeness (QED) is 0.669. The lowest BCUT2D eigenvalue weighted by Gasteiger charge is -2.33. The first-order valence-corrected chi connectivity index (χ1v) is 11.0. The van der Waals surface area contributed by atoms with E-state index in [-0.39, 0.29) is 18.6 Å². The van der Waals surface area contributed by atoms with Crippen molar-refractivity contribution in [2.45, 2.75) is 31.8 Å². The largest absolute Gasteiger partial charge is 0.452 e. The van der Waals surface area contributed by atoms with Gasteiger partial charge in [-0.25, -0.2) is 4.79 Å². The number of ether oxygens (including phenoxy) is 2. The molecule has 0 radical (unpaired) electrons. The van der Waals surface area contributed by atoms with Gasteiger partial charge < -0.3 is 14.4 Å². The molecule has 1 aliphatic heterocycles. The van der Waals surface area contributed by atoms with Crippen molar-refractivity contribution in [1.82, 2.24) is 9.80 Å². The van der Waals surface area contributed by atoms with Gasteiger partial charge in [-0.05, 0) is 48.1 Å². The SMILES string of the molecule is CN(C(=O)COC(=O)c1ccc(CN2CCOCC2)cc1)[C@H]1CCCc2ccccc21. The third-order valence-electron chi connectivity index (χ3n) is 6.22. The van der Waals surface area contributed by atoms with Crippen LogP contribution in [0.25, 0.3) is 0 Å². The average molecular weight is 423 g/mol. The van der Waals surface area contributed by atoms with Crippen molar-refractivity contribution in [3.05, 3.63) is 70.8 Å². The standard InChI is InChI=1S/C25H30N2O4/c1-26(23-8-4-6-20-5-2-3-7-22(20)23)24(28)18-31-25(29)21-11-9-19(10-12-21)17-27-13-15-30-16-14-27/h2-3,5,7,9-12,23H,4,6,8,13-18H2,1H3/t23-/m0/s1. The first-order chi connectivity index (χ1) is 15.1. The van der Waals surface area contributed by atoms with Crippen molar-refractivity contribution in [2.75, 3.05) is 40.0 Å². The summed E-state index contributed by atoms with van der Waals surface area (Å²) in [6, 6.07) is 15.7. The van der Waals surface area contributed by atoms with Gasteiger partial charge in [0.05, 0.1) is 24.8 Å². The third kappa shape index (κ3) is 5.32. The zero-order valence-corrected chi connectivity index (χ0v) is 18.1. The van der Waals surface area contributed by atoms with E-state index >= 15 is 0 Å². The highest BCUT2D eigenvalue weighted by Gasteiger charge is 2.27. The summed E-state index contributed by atoms with van der Waals surface area (Å²) in [6.07, 6.45) is 3.03. The van der Waals surface area contributed by atoms with Crippen LogP contribution in [0, 0.1) is 0 Å². The van der Waals surface area contributed by atoms with E-state index in [4.69, 9.17) is 9.47 Å². The fourth-order valence-electron chi connectivity index (χ4n) is 4.38. The van der Waals surface area contributed by atoms with E-state index in [9.17, 15) is 9.59 Å². The summed E-state index contributed by atoms with van der Waals surface area (Å²) in [5.41, 5.74) is 4.11. The number of aryl methyl sites for hydroxylation is 1. The molecule has 0 spiro atoms. The molecule has 0 unspecified atom stereocenters. The topological polar surface area (TPSA) is 59.1 Å². The highest BCUT2D eigenvalue weighted by atomic mass is 16.5. The number of nitrogens with zero attached hydrogens (tertiary/aromatic N) is 2. The van der Waals surface area contributed by atoms with Gasteiger partial charge in [-0.2, -0.15) is 0 Å². The van der Waals surface area contributed by atoms with Crippen molar-refractivity contribution < 1.29 is 19.1 Å². The molecule has 0 aromatic heterocycles. The highest BCUT2D eigenvalue weighted by Crippen LogP contribution is 2.33. The maximum absolute atomic E-state index is 12.7. The Kier molecular flexibility index (Phi) is 6.99. The van der Waals surface area contributed by atoms with Crippen LogP contribution in [-0.4, -0.2) is 61.6 Å². The van der Waals surface area contributed by atoms with Crippen molar-refractivity contribution >= 4 is 11.9 Å².